The number of methoxy groups -OCH3 is 1. The van der Waals surface area contributed by atoms with Crippen molar-refractivity contribution in [3.05, 3.63) is 30.2 Å². The van der Waals surface area contributed by atoms with E-state index in [1.165, 1.54) is 12.8 Å². The average molecular weight is 287 g/mol. The highest BCUT2D eigenvalue weighted by atomic mass is 16.5. The van der Waals surface area contributed by atoms with Crippen LogP contribution in [-0.4, -0.2) is 30.3 Å². The van der Waals surface area contributed by atoms with Crippen molar-refractivity contribution in [3.8, 4) is 17.1 Å². The Hall–Kier alpha value is -1.88. The molecule has 1 fully saturated rings. The van der Waals surface area contributed by atoms with E-state index >= 15 is 0 Å². The van der Waals surface area contributed by atoms with Gasteiger partial charge in [-0.3, -0.25) is 0 Å². The van der Waals surface area contributed by atoms with E-state index in [2.05, 4.69) is 15.5 Å². The van der Waals surface area contributed by atoms with E-state index < -0.39 is 0 Å². The molecule has 5 heteroatoms. The molecule has 5 nitrogen and oxygen atoms in total. The van der Waals surface area contributed by atoms with Gasteiger partial charge >= 0.3 is 0 Å². The first-order valence-corrected chi connectivity index (χ1v) is 7.45. The van der Waals surface area contributed by atoms with Crippen LogP contribution in [0.15, 0.2) is 28.8 Å². The number of benzene rings is 1. The molecule has 21 heavy (non-hydrogen) atoms. The molecule has 1 aromatic heterocycles. The first kappa shape index (κ1) is 14.1. The summed E-state index contributed by atoms with van der Waals surface area (Å²) in [5, 5.41) is 7.45. The zero-order valence-corrected chi connectivity index (χ0v) is 12.5. The molecule has 0 atom stereocenters. The quantitative estimate of drug-likeness (QED) is 0.936. The first-order chi connectivity index (χ1) is 10.3. The second kappa shape index (κ2) is 6.26. The van der Waals surface area contributed by atoms with Crippen LogP contribution < -0.4 is 10.1 Å². The summed E-state index contributed by atoms with van der Waals surface area (Å²) in [4.78, 5) is 4.57. The summed E-state index contributed by atoms with van der Waals surface area (Å²) in [6.07, 6.45) is 4.55. The third-order valence-electron chi connectivity index (χ3n) is 4.27. The normalized spacial score (nSPS) is 22.2. The Morgan fingerprint density at radius 3 is 2.48 bits per heavy atom. The number of aromatic nitrogens is 2. The number of rotatable bonds is 4. The topological polar surface area (TPSA) is 60.2 Å². The molecule has 1 aromatic carbocycles. The van der Waals surface area contributed by atoms with Gasteiger partial charge in [-0.05, 0) is 57.0 Å². The van der Waals surface area contributed by atoms with E-state index in [9.17, 15) is 0 Å². The van der Waals surface area contributed by atoms with Gasteiger partial charge in [-0.2, -0.15) is 4.98 Å². The minimum absolute atomic E-state index is 0.397. The van der Waals surface area contributed by atoms with Crippen molar-refractivity contribution in [2.24, 2.45) is 0 Å². The molecule has 3 rings (SSSR count). The van der Waals surface area contributed by atoms with Crippen LogP contribution in [0.1, 0.15) is 37.5 Å². The molecule has 1 aliphatic carbocycles. The third-order valence-corrected chi connectivity index (χ3v) is 4.27. The lowest BCUT2D eigenvalue weighted by Crippen LogP contribution is -2.29. The average Bonchev–Trinajstić information content (AvgIpc) is 3.05. The molecule has 0 radical (unpaired) electrons. The lowest BCUT2D eigenvalue weighted by atomic mass is 9.86. The van der Waals surface area contributed by atoms with Crippen molar-refractivity contribution in [1.29, 1.82) is 0 Å². The molecule has 0 unspecified atom stereocenters. The fourth-order valence-electron chi connectivity index (χ4n) is 2.89. The summed E-state index contributed by atoms with van der Waals surface area (Å²) in [6, 6.07) is 8.34. The van der Waals surface area contributed by atoms with Gasteiger partial charge < -0.3 is 14.6 Å². The Labute approximate surface area is 124 Å². The van der Waals surface area contributed by atoms with Crippen molar-refractivity contribution in [2.45, 2.75) is 37.6 Å². The largest absolute Gasteiger partial charge is 0.497 e. The Bertz CT molecular complexity index is 571. The molecule has 1 aliphatic rings. The highest BCUT2D eigenvalue weighted by Crippen LogP contribution is 2.32. The second-order valence-electron chi connectivity index (χ2n) is 5.52. The number of hydrogen-bond acceptors (Lipinski definition) is 5. The molecule has 1 N–H and O–H groups in total. The van der Waals surface area contributed by atoms with E-state index in [-0.39, 0.29) is 0 Å². The summed E-state index contributed by atoms with van der Waals surface area (Å²) in [7, 11) is 3.68. The maximum atomic E-state index is 5.47. The van der Waals surface area contributed by atoms with Crippen molar-refractivity contribution >= 4 is 0 Å². The fourth-order valence-corrected chi connectivity index (χ4v) is 2.89. The van der Waals surface area contributed by atoms with Crippen molar-refractivity contribution in [1.82, 2.24) is 15.5 Å². The van der Waals surface area contributed by atoms with Gasteiger partial charge in [-0.25, -0.2) is 0 Å². The molecule has 112 valence electrons. The summed E-state index contributed by atoms with van der Waals surface area (Å²) < 4.78 is 10.6. The summed E-state index contributed by atoms with van der Waals surface area (Å²) in [6.45, 7) is 0. The number of nitrogens with one attached hydrogen (secondary N) is 1. The molecule has 0 amide bonds. The standard InChI is InChI=1S/C16H21N3O2/c1-17-13-7-3-12(4-8-13)16-18-15(19-21-16)11-5-9-14(20-2)10-6-11/h5-6,9-10,12-13,17H,3-4,7-8H2,1-2H3. The maximum absolute atomic E-state index is 5.47. The van der Waals surface area contributed by atoms with Gasteiger partial charge in [0.2, 0.25) is 11.7 Å². The van der Waals surface area contributed by atoms with Crippen LogP contribution in [0.4, 0.5) is 0 Å². The van der Waals surface area contributed by atoms with Gasteiger partial charge in [0.15, 0.2) is 0 Å². The van der Waals surface area contributed by atoms with E-state index in [0.29, 0.717) is 17.8 Å². The molecule has 0 aliphatic heterocycles. The van der Waals surface area contributed by atoms with Gasteiger partial charge in [-0.15, -0.1) is 0 Å². The maximum Gasteiger partial charge on any atom is 0.230 e. The highest BCUT2D eigenvalue weighted by molar-refractivity contribution is 5.55. The SMILES string of the molecule is CNC1CCC(c2nc(-c3ccc(OC)cc3)no2)CC1. The monoisotopic (exact) mass is 287 g/mol. The smallest absolute Gasteiger partial charge is 0.230 e. The highest BCUT2D eigenvalue weighted by Gasteiger charge is 2.25. The molecule has 2 aromatic rings. The predicted molar refractivity (Wildman–Crippen MR) is 80.3 cm³/mol. The Balaban J connectivity index is 1.71. The van der Waals surface area contributed by atoms with Crippen LogP contribution >= 0.6 is 0 Å². The van der Waals surface area contributed by atoms with Gasteiger partial charge in [0, 0.05) is 17.5 Å². The van der Waals surface area contributed by atoms with Gasteiger partial charge in [0.05, 0.1) is 7.11 Å². The van der Waals surface area contributed by atoms with Crippen LogP contribution in [-0.2, 0) is 0 Å². The second-order valence-corrected chi connectivity index (χ2v) is 5.52. The van der Waals surface area contributed by atoms with Crippen LogP contribution in [0.2, 0.25) is 0 Å². The van der Waals surface area contributed by atoms with Crippen molar-refractivity contribution in [3.63, 3.8) is 0 Å². The number of nitrogens with zero attached hydrogens (tertiary/aromatic N) is 2. The van der Waals surface area contributed by atoms with E-state index in [1.54, 1.807) is 7.11 Å². The minimum Gasteiger partial charge on any atom is -0.497 e. The molecule has 1 heterocycles. The van der Waals surface area contributed by atoms with Crippen molar-refractivity contribution < 1.29 is 9.26 Å². The van der Waals surface area contributed by atoms with Crippen molar-refractivity contribution in [2.75, 3.05) is 14.2 Å². The van der Waals surface area contributed by atoms with Crippen LogP contribution in [0.3, 0.4) is 0 Å². The molecule has 0 bridgehead atoms. The Morgan fingerprint density at radius 2 is 1.86 bits per heavy atom. The fraction of sp³-hybridized carbons (Fsp3) is 0.500. The molecule has 0 spiro atoms. The van der Waals surface area contributed by atoms with Crippen LogP contribution in [0.5, 0.6) is 5.75 Å². The summed E-state index contributed by atoms with van der Waals surface area (Å²) >= 11 is 0. The lowest BCUT2D eigenvalue weighted by molar-refractivity contribution is 0.289. The Morgan fingerprint density at radius 1 is 1.14 bits per heavy atom. The summed E-state index contributed by atoms with van der Waals surface area (Å²) in [5.41, 5.74) is 0.953. The lowest BCUT2D eigenvalue weighted by Gasteiger charge is -2.25. The third kappa shape index (κ3) is 3.08. The van der Waals surface area contributed by atoms with E-state index in [0.717, 1.165) is 30.0 Å². The zero-order valence-electron chi connectivity index (χ0n) is 12.5. The number of ether oxygens (including phenoxy) is 1. The van der Waals surface area contributed by atoms with Crippen LogP contribution in [0.25, 0.3) is 11.4 Å². The Kier molecular flexibility index (Phi) is 4.20. The van der Waals surface area contributed by atoms with E-state index in [4.69, 9.17) is 9.26 Å². The molecule has 1 saturated carbocycles. The molecule has 0 saturated heterocycles. The zero-order chi connectivity index (χ0) is 14.7. The first-order valence-electron chi connectivity index (χ1n) is 7.45. The summed E-state index contributed by atoms with van der Waals surface area (Å²) in [5.74, 6) is 2.65. The number of hydrogen-bond donors (Lipinski definition) is 1. The van der Waals surface area contributed by atoms with Gasteiger partial charge in [0.25, 0.3) is 0 Å². The van der Waals surface area contributed by atoms with E-state index in [1.807, 2.05) is 31.3 Å². The predicted octanol–water partition coefficient (Wildman–Crippen LogP) is 2.99. The van der Waals surface area contributed by atoms with Crippen LogP contribution in [0, 0.1) is 0 Å². The molecular weight excluding hydrogens is 266 g/mol. The van der Waals surface area contributed by atoms with Gasteiger partial charge in [-0.1, -0.05) is 5.16 Å². The molecular formula is C16H21N3O2. The van der Waals surface area contributed by atoms with Gasteiger partial charge in [0.1, 0.15) is 5.75 Å². The minimum atomic E-state index is 0.397.